The standard InChI is InChI=1S/C14H17NO2/c1-15-11-5-8-13(15)17-14(16)10-9-12-6-3-2-4-7-12/h2-4,6-7,9-10,13H,5,8,11H2,1H3. The second-order valence-corrected chi connectivity index (χ2v) is 4.26. The van der Waals surface area contributed by atoms with Gasteiger partial charge < -0.3 is 4.74 Å². The van der Waals surface area contributed by atoms with Crippen LogP contribution < -0.4 is 0 Å². The van der Waals surface area contributed by atoms with E-state index in [1.54, 1.807) is 6.08 Å². The molecule has 1 heterocycles. The number of hydrogen-bond acceptors (Lipinski definition) is 3. The molecule has 1 aromatic rings. The second kappa shape index (κ2) is 5.64. The molecule has 0 aromatic heterocycles. The molecule has 1 unspecified atom stereocenters. The maximum atomic E-state index is 11.6. The van der Waals surface area contributed by atoms with Crippen LogP contribution in [0, 0.1) is 0 Å². The van der Waals surface area contributed by atoms with Gasteiger partial charge in [-0.2, -0.15) is 0 Å². The van der Waals surface area contributed by atoms with Gasteiger partial charge in [-0.1, -0.05) is 30.3 Å². The van der Waals surface area contributed by atoms with Gasteiger partial charge in [0, 0.05) is 12.6 Å². The molecule has 2 rings (SSSR count). The third-order valence-electron chi connectivity index (χ3n) is 2.92. The Kier molecular flexibility index (Phi) is 3.94. The quantitative estimate of drug-likeness (QED) is 0.590. The highest BCUT2D eigenvalue weighted by Crippen LogP contribution is 2.16. The fourth-order valence-corrected chi connectivity index (χ4v) is 1.93. The summed E-state index contributed by atoms with van der Waals surface area (Å²) < 4.78 is 5.35. The lowest BCUT2D eigenvalue weighted by Crippen LogP contribution is -2.29. The van der Waals surface area contributed by atoms with Crippen LogP contribution in [-0.2, 0) is 9.53 Å². The molecule has 0 radical (unpaired) electrons. The van der Waals surface area contributed by atoms with Crippen LogP contribution in [0.5, 0.6) is 0 Å². The van der Waals surface area contributed by atoms with Crippen LogP contribution in [0.3, 0.4) is 0 Å². The van der Waals surface area contributed by atoms with Crippen molar-refractivity contribution in [1.82, 2.24) is 4.90 Å². The Morgan fingerprint density at radius 2 is 2.18 bits per heavy atom. The summed E-state index contributed by atoms with van der Waals surface area (Å²) in [6.45, 7) is 1.00. The molecule has 3 heteroatoms. The van der Waals surface area contributed by atoms with E-state index in [2.05, 4.69) is 4.90 Å². The fraction of sp³-hybridized carbons (Fsp3) is 0.357. The number of nitrogens with zero attached hydrogens (tertiary/aromatic N) is 1. The van der Waals surface area contributed by atoms with E-state index in [-0.39, 0.29) is 12.2 Å². The number of hydrogen-bond donors (Lipinski definition) is 0. The number of carbonyl (C=O) groups is 1. The molecule has 0 saturated carbocycles. The smallest absolute Gasteiger partial charge is 0.332 e. The molecule has 0 aliphatic carbocycles. The highest BCUT2D eigenvalue weighted by molar-refractivity contribution is 5.87. The van der Waals surface area contributed by atoms with Gasteiger partial charge in [0.15, 0.2) is 6.23 Å². The van der Waals surface area contributed by atoms with E-state index < -0.39 is 0 Å². The van der Waals surface area contributed by atoms with Gasteiger partial charge in [-0.15, -0.1) is 0 Å². The molecule has 1 saturated heterocycles. The molecule has 0 spiro atoms. The van der Waals surface area contributed by atoms with Gasteiger partial charge in [-0.05, 0) is 31.5 Å². The van der Waals surface area contributed by atoms with Crippen molar-refractivity contribution in [2.75, 3.05) is 13.6 Å². The average Bonchev–Trinajstić information content (AvgIpc) is 2.74. The van der Waals surface area contributed by atoms with E-state index in [1.165, 1.54) is 6.08 Å². The van der Waals surface area contributed by atoms with Crippen molar-refractivity contribution in [2.45, 2.75) is 19.1 Å². The van der Waals surface area contributed by atoms with Crippen molar-refractivity contribution in [3.8, 4) is 0 Å². The normalized spacial score (nSPS) is 20.9. The van der Waals surface area contributed by atoms with Gasteiger partial charge in [-0.3, -0.25) is 4.90 Å². The van der Waals surface area contributed by atoms with Crippen LogP contribution in [0.1, 0.15) is 18.4 Å². The topological polar surface area (TPSA) is 29.5 Å². The third-order valence-corrected chi connectivity index (χ3v) is 2.92. The molecule has 1 fully saturated rings. The van der Waals surface area contributed by atoms with Crippen molar-refractivity contribution in [3.05, 3.63) is 42.0 Å². The molecular weight excluding hydrogens is 214 g/mol. The summed E-state index contributed by atoms with van der Waals surface area (Å²) in [6.07, 6.45) is 5.24. The molecular formula is C14H17NO2. The minimum Gasteiger partial charge on any atom is -0.443 e. The summed E-state index contributed by atoms with van der Waals surface area (Å²) in [6, 6.07) is 9.73. The zero-order valence-corrected chi connectivity index (χ0v) is 10.0. The van der Waals surface area contributed by atoms with Crippen LogP contribution in [0.2, 0.25) is 0 Å². The molecule has 0 N–H and O–H groups in total. The summed E-state index contributed by atoms with van der Waals surface area (Å²) in [5.74, 6) is -0.271. The van der Waals surface area contributed by atoms with Gasteiger partial charge in [0.2, 0.25) is 0 Å². The largest absolute Gasteiger partial charge is 0.443 e. The first-order valence-electron chi connectivity index (χ1n) is 5.90. The van der Waals surface area contributed by atoms with E-state index in [4.69, 9.17) is 4.74 Å². The number of carbonyl (C=O) groups excluding carboxylic acids is 1. The van der Waals surface area contributed by atoms with Crippen LogP contribution in [0.15, 0.2) is 36.4 Å². The number of benzene rings is 1. The van der Waals surface area contributed by atoms with Crippen molar-refractivity contribution < 1.29 is 9.53 Å². The predicted molar refractivity (Wildman–Crippen MR) is 67.2 cm³/mol. The Labute approximate surface area is 102 Å². The van der Waals surface area contributed by atoms with E-state index in [0.717, 1.165) is 24.9 Å². The lowest BCUT2D eigenvalue weighted by molar-refractivity contribution is -0.149. The van der Waals surface area contributed by atoms with Gasteiger partial charge in [0.25, 0.3) is 0 Å². The van der Waals surface area contributed by atoms with Gasteiger partial charge in [0.05, 0.1) is 0 Å². The fourth-order valence-electron chi connectivity index (χ4n) is 1.93. The van der Waals surface area contributed by atoms with Crippen molar-refractivity contribution in [1.29, 1.82) is 0 Å². The summed E-state index contributed by atoms with van der Waals surface area (Å²) >= 11 is 0. The first-order chi connectivity index (χ1) is 8.25. The molecule has 0 amide bonds. The molecule has 3 nitrogen and oxygen atoms in total. The maximum absolute atomic E-state index is 11.6. The number of esters is 1. The zero-order chi connectivity index (χ0) is 12.1. The summed E-state index contributed by atoms with van der Waals surface area (Å²) in [5, 5.41) is 0. The Morgan fingerprint density at radius 1 is 1.41 bits per heavy atom. The zero-order valence-electron chi connectivity index (χ0n) is 10.0. The predicted octanol–water partition coefficient (Wildman–Crippen LogP) is 2.29. The number of ether oxygens (including phenoxy) is 1. The molecule has 1 aromatic carbocycles. The highest BCUT2D eigenvalue weighted by atomic mass is 16.6. The van der Waals surface area contributed by atoms with Crippen molar-refractivity contribution in [2.24, 2.45) is 0 Å². The van der Waals surface area contributed by atoms with E-state index in [9.17, 15) is 4.79 Å². The third kappa shape index (κ3) is 3.43. The van der Waals surface area contributed by atoms with E-state index in [0.29, 0.717) is 0 Å². The second-order valence-electron chi connectivity index (χ2n) is 4.26. The molecule has 0 bridgehead atoms. The molecule has 1 aliphatic rings. The minimum atomic E-state index is -0.271. The molecule has 17 heavy (non-hydrogen) atoms. The summed E-state index contributed by atoms with van der Waals surface area (Å²) in [7, 11) is 1.98. The Balaban J connectivity index is 1.87. The molecule has 90 valence electrons. The molecule has 1 aliphatic heterocycles. The highest BCUT2D eigenvalue weighted by Gasteiger charge is 2.23. The maximum Gasteiger partial charge on any atom is 0.332 e. The average molecular weight is 231 g/mol. The van der Waals surface area contributed by atoms with Gasteiger partial charge in [-0.25, -0.2) is 4.79 Å². The minimum absolute atomic E-state index is 0.0528. The number of likely N-dealkylation sites (tertiary alicyclic amines) is 1. The van der Waals surface area contributed by atoms with Gasteiger partial charge >= 0.3 is 5.97 Å². The Hall–Kier alpha value is -1.61. The van der Waals surface area contributed by atoms with Crippen molar-refractivity contribution >= 4 is 12.0 Å². The summed E-state index contributed by atoms with van der Waals surface area (Å²) in [5.41, 5.74) is 1.00. The first-order valence-corrected chi connectivity index (χ1v) is 5.90. The number of rotatable bonds is 3. The molecule has 1 atom stereocenters. The summed E-state index contributed by atoms with van der Waals surface area (Å²) in [4.78, 5) is 13.6. The van der Waals surface area contributed by atoms with E-state index >= 15 is 0 Å². The Morgan fingerprint density at radius 3 is 2.82 bits per heavy atom. The van der Waals surface area contributed by atoms with Crippen LogP contribution in [0.4, 0.5) is 0 Å². The van der Waals surface area contributed by atoms with Crippen LogP contribution in [-0.4, -0.2) is 30.7 Å². The Bertz CT molecular complexity index is 400. The van der Waals surface area contributed by atoms with Crippen LogP contribution in [0.25, 0.3) is 6.08 Å². The van der Waals surface area contributed by atoms with E-state index in [1.807, 2.05) is 37.4 Å². The van der Waals surface area contributed by atoms with Crippen LogP contribution >= 0.6 is 0 Å². The first kappa shape index (κ1) is 11.9. The van der Waals surface area contributed by atoms with Gasteiger partial charge in [0.1, 0.15) is 0 Å². The lowest BCUT2D eigenvalue weighted by atomic mass is 10.2. The van der Waals surface area contributed by atoms with Crippen molar-refractivity contribution in [3.63, 3.8) is 0 Å². The SMILES string of the molecule is CN1CCCC1OC(=O)C=Cc1ccccc1. The lowest BCUT2D eigenvalue weighted by Gasteiger charge is -2.18. The monoisotopic (exact) mass is 231 g/mol.